The van der Waals surface area contributed by atoms with E-state index in [9.17, 15) is 14.0 Å². The molecule has 0 atom stereocenters. The minimum Gasteiger partial charge on any atom is -0.366 e. The molecule has 0 spiro atoms. The predicted octanol–water partition coefficient (Wildman–Crippen LogP) is 1.57. The van der Waals surface area contributed by atoms with E-state index in [2.05, 4.69) is 10.3 Å². The average molecular weight is 259 g/mol. The third-order valence-corrected chi connectivity index (χ3v) is 2.40. The van der Waals surface area contributed by atoms with Gasteiger partial charge in [0.15, 0.2) is 0 Å². The Morgan fingerprint density at radius 2 is 1.89 bits per heavy atom. The molecule has 2 aromatic rings. The van der Waals surface area contributed by atoms with Gasteiger partial charge in [0.25, 0.3) is 5.91 Å². The van der Waals surface area contributed by atoms with Crippen molar-refractivity contribution in [1.29, 1.82) is 0 Å². The van der Waals surface area contributed by atoms with E-state index in [-0.39, 0.29) is 16.9 Å². The molecule has 1 aromatic carbocycles. The highest BCUT2D eigenvalue weighted by molar-refractivity contribution is 6.03. The summed E-state index contributed by atoms with van der Waals surface area (Å²) in [5.74, 6) is -1.74. The average Bonchev–Trinajstić information content (AvgIpc) is 2.41. The van der Waals surface area contributed by atoms with Crippen LogP contribution in [-0.2, 0) is 0 Å². The van der Waals surface area contributed by atoms with Crippen LogP contribution in [0.5, 0.6) is 0 Å². The van der Waals surface area contributed by atoms with E-state index in [0.717, 1.165) is 0 Å². The Bertz CT molecular complexity index is 626. The molecule has 6 heteroatoms. The Kier molecular flexibility index (Phi) is 3.51. The van der Waals surface area contributed by atoms with Crippen LogP contribution in [0.4, 0.5) is 10.1 Å². The van der Waals surface area contributed by atoms with Crippen molar-refractivity contribution in [2.24, 2.45) is 5.73 Å². The van der Waals surface area contributed by atoms with Gasteiger partial charge in [-0.1, -0.05) is 12.1 Å². The predicted molar refractivity (Wildman–Crippen MR) is 67.1 cm³/mol. The fourth-order valence-corrected chi connectivity index (χ4v) is 1.42. The van der Waals surface area contributed by atoms with Gasteiger partial charge in [0, 0.05) is 6.20 Å². The number of nitrogens with one attached hydrogen (secondary N) is 1. The summed E-state index contributed by atoms with van der Waals surface area (Å²) in [7, 11) is 0. The van der Waals surface area contributed by atoms with Crippen LogP contribution in [0.3, 0.4) is 0 Å². The number of primary amides is 1. The second-order valence-electron chi connectivity index (χ2n) is 3.73. The van der Waals surface area contributed by atoms with Gasteiger partial charge in [-0.3, -0.25) is 14.6 Å². The lowest BCUT2D eigenvalue weighted by Gasteiger charge is -2.05. The van der Waals surface area contributed by atoms with E-state index in [0.29, 0.717) is 0 Å². The lowest BCUT2D eigenvalue weighted by atomic mass is 10.2. The number of carbonyl (C=O) groups excluding carboxylic acids is 2. The number of carbonyl (C=O) groups is 2. The van der Waals surface area contributed by atoms with Crippen LogP contribution in [-0.4, -0.2) is 16.8 Å². The molecule has 0 unspecified atom stereocenters. The number of aromatic nitrogens is 1. The number of halogens is 1. The van der Waals surface area contributed by atoms with Crippen molar-refractivity contribution >= 4 is 17.5 Å². The van der Waals surface area contributed by atoms with Gasteiger partial charge in [0.05, 0.1) is 11.3 Å². The Labute approximate surface area is 108 Å². The summed E-state index contributed by atoms with van der Waals surface area (Å²) < 4.78 is 13.3. The summed E-state index contributed by atoms with van der Waals surface area (Å²) in [6.07, 6.45) is 1.19. The number of nitrogens with zero attached hydrogens (tertiary/aromatic N) is 1. The molecule has 1 heterocycles. The molecule has 0 bridgehead atoms. The number of pyridine rings is 1. The van der Waals surface area contributed by atoms with E-state index in [1.807, 2.05) is 0 Å². The van der Waals surface area contributed by atoms with Crippen LogP contribution >= 0.6 is 0 Å². The van der Waals surface area contributed by atoms with Gasteiger partial charge >= 0.3 is 0 Å². The van der Waals surface area contributed by atoms with Crippen LogP contribution in [0.25, 0.3) is 0 Å². The molecule has 3 N–H and O–H groups in total. The molecule has 96 valence electrons. The molecule has 0 aliphatic carbocycles. The fourth-order valence-electron chi connectivity index (χ4n) is 1.42. The number of hydrogen-bond acceptors (Lipinski definition) is 3. The molecule has 2 amide bonds. The summed E-state index contributed by atoms with van der Waals surface area (Å²) in [5.41, 5.74) is 5.38. The SMILES string of the molecule is NC(=O)c1ccc(C(=O)Nc2ccccc2F)nc1. The molecular weight excluding hydrogens is 249 g/mol. The Morgan fingerprint density at radius 3 is 2.47 bits per heavy atom. The molecular formula is C13H10FN3O2. The van der Waals surface area contributed by atoms with Gasteiger partial charge in [0.1, 0.15) is 11.5 Å². The van der Waals surface area contributed by atoms with Crippen molar-refractivity contribution in [2.45, 2.75) is 0 Å². The van der Waals surface area contributed by atoms with Crippen molar-refractivity contribution in [1.82, 2.24) is 4.98 Å². The third-order valence-electron chi connectivity index (χ3n) is 2.40. The van der Waals surface area contributed by atoms with Crippen LogP contribution in [0, 0.1) is 5.82 Å². The zero-order valence-corrected chi connectivity index (χ0v) is 9.76. The monoisotopic (exact) mass is 259 g/mol. The summed E-state index contributed by atoms with van der Waals surface area (Å²) in [6.45, 7) is 0. The third kappa shape index (κ3) is 2.92. The number of para-hydroxylation sites is 1. The summed E-state index contributed by atoms with van der Waals surface area (Å²) >= 11 is 0. The summed E-state index contributed by atoms with van der Waals surface area (Å²) in [4.78, 5) is 26.4. The molecule has 0 aliphatic rings. The summed E-state index contributed by atoms with van der Waals surface area (Å²) in [6, 6.07) is 8.51. The first-order valence-electron chi connectivity index (χ1n) is 5.39. The Hall–Kier alpha value is -2.76. The molecule has 0 aliphatic heterocycles. The highest BCUT2D eigenvalue weighted by atomic mass is 19.1. The minimum atomic E-state index is -0.631. The van der Waals surface area contributed by atoms with Gasteiger partial charge in [-0.15, -0.1) is 0 Å². The Morgan fingerprint density at radius 1 is 1.16 bits per heavy atom. The van der Waals surface area contributed by atoms with E-state index >= 15 is 0 Å². The normalized spacial score (nSPS) is 9.95. The van der Waals surface area contributed by atoms with Gasteiger partial charge in [-0.05, 0) is 24.3 Å². The maximum atomic E-state index is 13.3. The van der Waals surface area contributed by atoms with Gasteiger partial charge < -0.3 is 11.1 Å². The zero-order chi connectivity index (χ0) is 13.8. The molecule has 5 nitrogen and oxygen atoms in total. The highest BCUT2D eigenvalue weighted by Gasteiger charge is 2.10. The second kappa shape index (κ2) is 5.26. The number of anilines is 1. The number of benzene rings is 1. The maximum absolute atomic E-state index is 13.3. The van der Waals surface area contributed by atoms with Crippen LogP contribution in [0.2, 0.25) is 0 Å². The number of nitrogens with two attached hydrogens (primary N) is 1. The first kappa shape index (κ1) is 12.7. The number of amides is 2. The van der Waals surface area contributed by atoms with E-state index in [1.54, 1.807) is 6.07 Å². The first-order chi connectivity index (χ1) is 9.08. The maximum Gasteiger partial charge on any atom is 0.274 e. The van der Waals surface area contributed by atoms with Crippen molar-refractivity contribution in [2.75, 3.05) is 5.32 Å². The fraction of sp³-hybridized carbons (Fsp3) is 0. The van der Waals surface area contributed by atoms with Crippen molar-refractivity contribution < 1.29 is 14.0 Å². The summed E-state index contributed by atoms with van der Waals surface area (Å²) in [5, 5.41) is 2.38. The lowest BCUT2D eigenvalue weighted by molar-refractivity contribution is 0.0993. The molecule has 0 radical (unpaired) electrons. The van der Waals surface area contributed by atoms with Crippen molar-refractivity contribution in [3.8, 4) is 0 Å². The van der Waals surface area contributed by atoms with Crippen molar-refractivity contribution in [3.05, 3.63) is 59.7 Å². The number of hydrogen-bond donors (Lipinski definition) is 2. The molecule has 2 rings (SSSR count). The molecule has 0 saturated heterocycles. The molecule has 1 aromatic heterocycles. The minimum absolute atomic E-state index is 0.0632. The van der Waals surface area contributed by atoms with Crippen molar-refractivity contribution in [3.63, 3.8) is 0 Å². The van der Waals surface area contributed by atoms with E-state index in [4.69, 9.17) is 5.73 Å². The van der Waals surface area contributed by atoms with Gasteiger partial charge in [-0.2, -0.15) is 0 Å². The standard InChI is InChI=1S/C13H10FN3O2/c14-9-3-1-2-4-10(9)17-13(19)11-6-5-8(7-16-11)12(15)18/h1-7H,(H2,15,18)(H,17,19). The first-order valence-corrected chi connectivity index (χ1v) is 5.39. The van der Waals surface area contributed by atoms with Crippen LogP contribution < -0.4 is 11.1 Å². The van der Waals surface area contributed by atoms with Crippen LogP contribution in [0.15, 0.2) is 42.6 Å². The lowest BCUT2D eigenvalue weighted by Crippen LogP contribution is -2.16. The second-order valence-corrected chi connectivity index (χ2v) is 3.73. The van der Waals surface area contributed by atoms with E-state index in [1.165, 1.54) is 36.5 Å². The largest absolute Gasteiger partial charge is 0.366 e. The molecule has 0 fully saturated rings. The molecule has 0 saturated carbocycles. The number of rotatable bonds is 3. The quantitative estimate of drug-likeness (QED) is 0.877. The van der Waals surface area contributed by atoms with Gasteiger partial charge in [0.2, 0.25) is 5.91 Å². The zero-order valence-electron chi connectivity index (χ0n) is 9.76. The highest BCUT2D eigenvalue weighted by Crippen LogP contribution is 2.13. The van der Waals surface area contributed by atoms with E-state index < -0.39 is 17.6 Å². The smallest absolute Gasteiger partial charge is 0.274 e. The van der Waals surface area contributed by atoms with Crippen LogP contribution in [0.1, 0.15) is 20.8 Å². The topological polar surface area (TPSA) is 85.1 Å². The van der Waals surface area contributed by atoms with Gasteiger partial charge in [-0.25, -0.2) is 4.39 Å². The Balaban J connectivity index is 2.16. The molecule has 19 heavy (non-hydrogen) atoms.